The van der Waals surface area contributed by atoms with Crippen molar-refractivity contribution in [2.75, 3.05) is 0 Å². The van der Waals surface area contributed by atoms with Gasteiger partial charge >= 0.3 is 11.7 Å². The first-order valence-electron chi connectivity index (χ1n) is 6.23. The van der Waals surface area contributed by atoms with Crippen molar-refractivity contribution in [1.82, 2.24) is 0 Å². The lowest BCUT2D eigenvalue weighted by Crippen LogP contribution is -2.09. The molecule has 6 heteroatoms. The molecule has 0 radical (unpaired) electrons. The number of benzene rings is 2. The predicted molar refractivity (Wildman–Crippen MR) is 75.5 cm³/mol. The smallest absolute Gasteiger partial charge is 0.339 e. The Labute approximate surface area is 120 Å². The average molecular weight is 287 g/mol. The summed E-state index contributed by atoms with van der Waals surface area (Å²) < 4.78 is 5.56. The van der Waals surface area contributed by atoms with Gasteiger partial charge in [0.15, 0.2) is 0 Å². The third-order valence-corrected chi connectivity index (χ3v) is 2.98. The van der Waals surface area contributed by atoms with Gasteiger partial charge in [-0.2, -0.15) is 0 Å². The molecule has 0 spiro atoms. The van der Waals surface area contributed by atoms with Gasteiger partial charge in [0.25, 0.3) is 0 Å². The molecule has 1 N–H and O–H groups in total. The molecule has 0 aliphatic carbocycles. The first-order chi connectivity index (χ1) is 10.0. The molecule has 6 nitrogen and oxygen atoms in total. The maximum Gasteiger partial charge on any atom is 0.339 e. The summed E-state index contributed by atoms with van der Waals surface area (Å²) in [4.78, 5) is 21.6. The Bertz CT molecular complexity index is 637. The second-order valence-electron chi connectivity index (χ2n) is 4.39. The van der Waals surface area contributed by atoms with Crippen LogP contribution in [0.2, 0.25) is 0 Å². The third kappa shape index (κ3) is 3.17. The number of nitro groups is 1. The van der Waals surface area contributed by atoms with Crippen molar-refractivity contribution in [1.29, 1.82) is 0 Å². The fourth-order valence-corrected chi connectivity index (χ4v) is 1.93. The molecule has 21 heavy (non-hydrogen) atoms. The van der Waals surface area contributed by atoms with Crippen LogP contribution < -0.4 is 4.74 Å². The maximum atomic E-state index is 11.2. The van der Waals surface area contributed by atoms with Gasteiger partial charge in [-0.1, -0.05) is 36.4 Å². The zero-order valence-corrected chi connectivity index (χ0v) is 11.2. The number of nitro benzene ring substituents is 1. The number of carbonyl (C=O) groups is 1. The number of nitrogens with zero attached hydrogens (tertiary/aromatic N) is 1. The summed E-state index contributed by atoms with van der Waals surface area (Å²) in [6, 6.07) is 12.9. The average Bonchev–Trinajstić information content (AvgIpc) is 2.47. The van der Waals surface area contributed by atoms with Crippen LogP contribution in [0, 0.1) is 10.1 Å². The summed E-state index contributed by atoms with van der Waals surface area (Å²) in [5, 5.41) is 20.2. The van der Waals surface area contributed by atoms with Crippen LogP contribution in [0.3, 0.4) is 0 Å². The van der Waals surface area contributed by atoms with Crippen LogP contribution in [0.4, 0.5) is 5.69 Å². The van der Waals surface area contributed by atoms with E-state index in [1.165, 1.54) is 18.2 Å². The van der Waals surface area contributed by atoms with Crippen molar-refractivity contribution in [2.45, 2.75) is 13.0 Å². The van der Waals surface area contributed by atoms with Crippen LogP contribution >= 0.6 is 0 Å². The molecule has 108 valence electrons. The lowest BCUT2D eigenvalue weighted by molar-refractivity contribution is -0.386. The van der Waals surface area contributed by atoms with Crippen LogP contribution in [0.25, 0.3) is 0 Å². The summed E-state index contributed by atoms with van der Waals surface area (Å²) in [5.74, 6) is -1.50. The molecular weight excluding hydrogens is 274 g/mol. The highest BCUT2D eigenvalue weighted by Gasteiger charge is 2.24. The number of carboxylic acid groups (broad SMARTS) is 1. The van der Waals surface area contributed by atoms with Crippen LogP contribution in [0.5, 0.6) is 5.75 Å². The molecular formula is C15H13NO5. The summed E-state index contributed by atoms with van der Waals surface area (Å²) in [5.41, 5.74) is 0.205. The maximum absolute atomic E-state index is 11.2. The molecule has 0 saturated carbocycles. The van der Waals surface area contributed by atoms with Gasteiger partial charge in [-0.25, -0.2) is 4.79 Å². The van der Waals surface area contributed by atoms with E-state index >= 15 is 0 Å². The Balaban J connectivity index is 2.42. The van der Waals surface area contributed by atoms with Crippen molar-refractivity contribution in [3.63, 3.8) is 0 Å². The highest BCUT2D eigenvalue weighted by Crippen LogP contribution is 2.34. The van der Waals surface area contributed by atoms with Crippen LogP contribution in [0.1, 0.15) is 28.9 Å². The minimum atomic E-state index is -1.27. The summed E-state index contributed by atoms with van der Waals surface area (Å²) in [6.07, 6.45) is -0.509. The quantitative estimate of drug-likeness (QED) is 0.672. The number of carboxylic acids is 1. The molecule has 0 aliphatic heterocycles. The van der Waals surface area contributed by atoms with E-state index in [0.717, 1.165) is 5.56 Å². The van der Waals surface area contributed by atoms with Crippen molar-refractivity contribution in [3.8, 4) is 5.75 Å². The Hall–Kier alpha value is -2.89. The number of ether oxygens (including phenoxy) is 1. The number of hydrogen-bond acceptors (Lipinski definition) is 4. The zero-order valence-electron chi connectivity index (χ0n) is 11.2. The SMILES string of the molecule is CC(Oc1c(C(=O)O)cccc1[N+](=O)[O-])c1ccccc1. The van der Waals surface area contributed by atoms with Crippen molar-refractivity contribution in [2.24, 2.45) is 0 Å². The lowest BCUT2D eigenvalue weighted by Gasteiger charge is -2.16. The van der Waals surface area contributed by atoms with E-state index in [9.17, 15) is 14.9 Å². The topological polar surface area (TPSA) is 89.7 Å². The minimum Gasteiger partial charge on any atom is -0.478 e. The number of aromatic carboxylic acids is 1. The summed E-state index contributed by atoms with van der Waals surface area (Å²) in [6.45, 7) is 1.71. The van der Waals surface area contributed by atoms with Gasteiger partial charge in [-0.3, -0.25) is 10.1 Å². The molecule has 0 heterocycles. The fourth-order valence-electron chi connectivity index (χ4n) is 1.93. The fraction of sp³-hybridized carbons (Fsp3) is 0.133. The molecule has 2 rings (SSSR count). The van der Waals surface area contributed by atoms with Gasteiger partial charge in [0.05, 0.1) is 4.92 Å². The highest BCUT2D eigenvalue weighted by atomic mass is 16.6. The Morgan fingerprint density at radius 1 is 1.19 bits per heavy atom. The van der Waals surface area contributed by atoms with E-state index in [1.807, 2.05) is 18.2 Å². The molecule has 2 aromatic carbocycles. The van der Waals surface area contributed by atoms with Crippen molar-refractivity contribution in [3.05, 3.63) is 69.8 Å². The van der Waals surface area contributed by atoms with Crippen LogP contribution in [-0.4, -0.2) is 16.0 Å². The van der Waals surface area contributed by atoms with Gasteiger partial charge in [0, 0.05) is 6.07 Å². The minimum absolute atomic E-state index is 0.230. The lowest BCUT2D eigenvalue weighted by atomic mass is 10.1. The van der Waals surface area contributed by atoms with E-state index in [0.29, 0.717) is 0 Å². The molecule has 1 unspecified atom stereocenters. The Morgan fingerprint density at radius 3 is 2.43 bits per heavy atom. The van der Waals surface area contributed by atoms with E-state index in [1.54, 1.807) is 19.1 Å². The van der Waals surface area contributed by atoms with E-state index in [-0.39, 0.29) is 17.0 Å². The predicted octanol–water partition coefficient (Wildman–Crippen LogP) is 3.43. The number of para-hydroxylation sites is 1. The standard InChI is InChI=1S/C15H13NO5/c1-10(11-6-3-2-4-7-11)21-14-12(15(17)18)8-5-9-13(14)16(19)20/h2-10H,1H3,(H,17,18). The monoisotopic (exact) mass is 287 g/mol. The van der Waals surface area contributed by atoms with Crippen molar-refractivity contribution < 1.29 is 19.6 Å². The molecule has 1 atom stereocenters. The molecule has 0 saturated heterocycles. The normalized spacial score (nSPS) is 11.7. The van der Waals surface area contributed by atoms with E-state index < -0.39 is 17.0 Å². The van der Waals surface area contributed by atoms with Crippen LogP contribution in [0.15, 0.2) is 48.5 Å². The van der Waals surface area contributed by atoms with Crippen molar-refractivity contribution >= 4 is 11.7 Å². The Morgan fingerprint density at radius 2 is 1.86 bits per heavy atom. The number of hydrogen-bond donors (Lipinski definition) is 1. The first kappa shape index (κ1) is 14.5. The largest absolute Gasteiger partial charge is 0.478 e. The molecule has 2 aromatic rings. The second kappa shape index (κ2) is 6.04. The summed E-state index contributed by atoms with van der Waals surface area (Å²) >= 11 is 0. The second-order valence-corrected chi connectivity index (χ2v) is 4.39. The molecule has 0 amide bonds. The molecule has 0 bridgehead atoms. The van der Waals surface area contributed by atoms with Gasteiger partial charge in [-0.05, 0) is 18.6 Å². The first-order valence-corrected chi connectivity index (χ1v) is 6.23. The highest BCUT2D eigenvalue weighted by molar-refractivity contribution is 5.92. The number of rotatable bonds is 5. The van der Waals surface area contributed by atoms with Gasteiger partial charge < -0.3 is 9.84 Å². The van der Waals surface area contributed by atoms with Crippen LogP contribution in [-0.2, 0) is 0 Å². The third-order valence-electron chi connectivity index (χ3n) is 2.98. The van der Waals surface area contributed by atoms with E-state index in [2.05, 4.69) is 0 Å². The van der Waals surface area contributed by atoms with E-state index in [4.69, 9.17) is 9.84 Å². The van der Waals surface area contributed by atoms with Gasteiger partial charge in [0.1, 0.15) is 11.7 Å². The molecule has 0 aromatic heterocycles. The van der Waals surface area contributed by atoms with Gasteiger partial charge in [-0.15, -0.1) is 0 Å². The Kier molecular flexibility index (Phi) is 4.18. The zero-order chi connectivity index (χ0) is 15.4. The van der Waals surface area contributed by atoms with Gasteiger partial charge in [0.2, 0.25) is 5.75 Å². The molecule has 0 aliphatic rings. The molecule has 0 fully saturated rings. The summed E-state index contributed by atoms with van der Waals surface area (Å²) in [7, 11) is 0.